The third kappa shape index (κ3) is 4.98. The average molecular weight is 409 g/mol. The number of carbonyl (C=O) groups excluding carboxylic acids is 1. The maximum Gasteiger partial charge on any atom is 0.410 e. The van der Waals surface area contributed by atoms with Gasteiger partial charge in [-0.25, -0.2) is 4.79 Å². The van der Waals surface area contributed by atoms with Gasteiger partial charge in [0.15, 0.2) is 0 Å². The van der Waals surface area contributed by atoms with Gasteiger partial charge in [-0.05, 0) is 63.1 Å². The highest BCUT2D eigenvalue weighted by Crippen LogP contribution is 2.28. The fourth-order valence-electron chi connectivity index (χ4n) is 3.77. The Balaban J connectivity index is 1.48. The van der Waals surface area contributed by atoms with Gasteiger partial charge in [-0.1, -0.05) is 28.1 Å². The van der Waals surface area contributed by atoms with Gasteiger partial charge in [0.2, 0.25) is 0 Å². The summed E-state index contributed by atoms with van der Waals surface area (Å²) >= 11 is 3.67. The molecule has 0 radical (unpaired) electrons. The summed E-state index contributed by atoms with van der Waals surface area (Å²) in [5, 5.41) is 0. The molecule has 1 aromatic rings. The van der Waals surface area contributed by atoms with Gasteiger partial charge in [0, 0.05) is 37.2 Å². The van der Waals surface area contributed by atoms with E-state index >= 15 is 0 Å². The smallest absolute Gasteiger partial charge is 0.410 e. The number of benzene rings is 1. The Kier molecular flexibility index (Phi) is 5.74. The van der Waals surface area contributed by atoms with Crippen molar-refractivity contribution >= 4 is 22.0 Å². The predicted octanol–water partition coefficient (Wildman–Crippen LogP) is 4.45. The number of rotatable bonds is 2. The summed E-state index contributed by atoms with van der Waals surface area (Å²) in [5.41, 5.74) is 2.51. The molecule has 1 aromatic carbocycles. The quantitative estimate of drug-likeness (QED) is 0.724. The Morgan fingerprint density at radius 3 is 2.64 bits per heavy atom. The van der Waals surface area contributed by atoms with Crippen molar-refractivity contribution in [2.45, 2.75) is 52.2 Å². The van der Waals surface area contributed by atoms with Gasteiger partial charge in [0.25, 0.3) is 0 Å². The fraction of sp³-hybridized carbons (Fsp3) is 0.650. The number of halogens is 1. The zero-order valence-corrected chi connectivity index (χ0v) is 17.1. The lowest BCUT2D eigenvalue weighted by molar-refractivity contribution is 0.0167. The van der Waals surface area contributed by atoms with Crippen LogP contribution >= 0.6 is 15.9 Å². The molecule has 138 valence electrons. The topological polar surface area (TPSA) is 32.8 Å². The lowest BCUT2D eigenvalue weighted by atomic mass is 9.94. The van der Waals surface area contributed by atoms with Crippen LogP contribution in [0.2, 0.25) is 0 Å². The van der Waals surface area contributed by atoms with Crippen LogP contribution in [-0.2, 0) is 17.7 Å². The SMILES string of the molecule is CC(C)(C)OC(=O)N1CCC(CN2CCc3c(Br)cccc3C2)CC1. The normalized spacial score (nSPS) is 19.6. The first-order chi connectivity index (χ1) is 11.8. The second kappa shape index (κ2) is 7.67. The van der Waals surface area contributed by atoms with Crippen molar-refractivity contribution in [2.24, 2.45) is 5.92 Å². The summed E-state index contributed by atoms with van der Waals surface area (Å²) < 4.78 is 6.73. The van der Waals surface area contributed by atoms with E-state index in [1.807, 2.05) is 25.7 Å². The number of fused-ring (bicyclic) bond motifs is 1. The Bertz CT molecular complexity index is 619. The minimum absolute atomic E-state index is 0.164. The van der Waals surface area contributed by atoms with E-state index in [9.17, 15) is 4.79 Å². The summed E-state index contributed by atoms with van der Waals surface area (Å²) in [6, 6.07) is 6.52. The average Bonchev–Trinajstić information content (AvgIpc) is 2.54. The number of nitrogens with zero attached hydrogens (tertiary/aromatic N) is 2. The van der Waals surface area contributed by atoms with Crippen LogP contribution in [0.15, 0.2) is 22.7 Å². The number of amides is 1. The van der Waals surface area contributed by atoms with Crippen LogP contribution in [0.5, 0.6) is 0 Å². The van der Waals surface area contributed by atoms with Crippen LogP contribution in [-0.4, -0.2) is 47.7 Å². The molecule has 25 heavy (non-hydrogen) atoms. The van der Waals surface area contributed by atoms with Crippen molar-refractivity contribution in [1.29, 1.82) is 0 Å². The second-order valence-electron chi connectivity index (χ2n) is 8.27. The van der Waals surface area contributed by atoms with Gasteiger partial charge in [-0.2, -0.15) is 0 Å². The Hall–Kier alpha value is -1.07. The monoisotopic (exact) mass is 408 g/mol. The summed E-state index contributed by atoms with van der Waals surface area (Å²) in [6.07, 6.45) is 3.10. The van der Waals surface area contributed by atoms with Gasteiger partial charge in [-0.15, -0.1) is 0 Å². The molecule has 0 unspecified atom stereocenters. The molecule has 0 aliphatic carbocycles. The highest BCUT2D eigenvalue weighted by atomic mass is 79.9. The van der Waals surface area contributed by atoms with E-state index in [0.717, 1.165) is 52.0 Å². The molecule has 2 aliphatic heterocycles. The predicted molar refractivity (Wildman–Crippen MR) is 104 cm³/mol. The first-order valence-corrected chi connectivity index (χ1v) is 10.1. The summed E-state index contributed by atoms with van der Waals surface area (Å²) in [4.78, 5) is 16.6. The highest BCUT2D eigenvalue weighted by molar-refractivity contribution is 9.10. The largest absolute Gasteiger partial charge is 0.444 e. The fourth-order valence-corrected chi connectivity index (χ4v) is 4.37. The van der Waals surface area contributed by atoms with Crippen LogP contribution in [0.4, 0.5) is 4.79 Å². The van der Waals surface area contributed by atoms with Crippen LogP contribution < -0.4 is 0 Å². The van der Waals surface area contributed by atoms with Crippen LogP contribution in [0, 0.1) is 5.92 Å². The molecule has 0 spiro atoms. The van der Waals surface area contributed by atoms with Gasteiger partial charge < -0.3 is 9.64 Å². The van der Waals surface area contributed by atoms with Crippen molar-refractivity contribution in [3.63, 3.8) is 0 Å². The molecular formula is C20H29BrN2O2. The van der Waals surface area contributed by atoms with Crippen molar-refractivity contribution in [2.75, 3.05) is 26.2 Å². The van der Waals surface area contributed by atoms with Gasteiger partial charge >= 0.3 is 6.09 Å². The summed E-state index contributed by atoms with van der Waals surface area (Å²) in [6.45, 7) is 10.7. The van der Waals surface area contributed by atoms with Crippen LogP contribution in [0.1, 0.15) is 44.7 Å². The van der Waals surface area contributed by atoms with E-state index in [2.05, 4.69) is 39.0 Å². The van der Waals surface area contributed by atoms with E-state index in [-0.39, 0.29) is 6.09 Å². The van der Waals surface area contributed by atoms with Gasteiger partial charge in [-0.3, -0.25) is 4.90 Å². The van der Waals surface area contributed by atoms with Gasteiger partial charge in [0.05, 0.1) is 0 Å². The minimum atomic E-state index is -0.413. The molecule has 5 heteroatoms. The standard InChI is InChI=1S/C20H29BrN2O2/c1-20(2,3)25-19(24)23-11-7-15(8-12-23)13-22-10-9-17-16(14-22)5-4-6-18(17)21/h4-6,15H,7-14H2,1-3H3. The van der Waals surface area contributed by atoms with E-state index in [0.29, 0.717) is 5.92 Å². The lowest BCUT2D eigenvalue weighted by Crippen LogP contribution is -2.44. The van der Waals surface area contributed by atoms with Crippen molar-refractivity contribution in [1.82, 2.24) is 9.80 Å². The molecule has 0 bridgehead atoms. The van der Waals surface area contributed by atoms with Crippen LogP contribution in [0.25, 0.3) is 0 Å². The first kappa shape index (κ1) is 18.7. The second-order valence-corrected chi connectivity index (χ2v) is 9.13. The Morgan fingerprint density at radius 1 is 1.24 bits per heavy atom. The number of hydrogen-bond donors (Lipinski definition) is 0. The van der Waals surface area contributed by atoms with Crippen LogP contribution in [0.3, 0.4) is 0 Å². The number of carbonyl (C=O) groups is 1. The highest BCUT2D eigenvalue weighted by Gasteiger charge is 2.28. The molecule has 0 aromatic heterocycles. The first-order valence-electron chi connectivity index (χ1n) is 9.28. The molecule has 4 nitrogen and oxygen atoms in total. The maximum atomic E-state index is 12.2. The van der Waals surface area contributed by atoms with E-state index in [1.54, 1.807) is 0 Å². The minimum Gasteiger partial charge on any atom is -0.444 e. The molecule has 2 heterocycles. The molecule has 0 atom stereocenters. The summed E-state index contributed by atoms with van der Waals surface area (Å²) in [7, 11) is 0. The molecule has 2 aliphatic rings. The number of ether oxygens (including phenoxy) is 1. The third-order valence-electron chi connectivity index (χ3n) is 5.07. The zero-order valence-electron chi connectivity index (χ0n) is 15.6. The lowest BCUT2D eigenvalue weighted by Gasteiger charge is -2.37. The summed E-state index contributed by atoms with van der Waals surface area (Å²) in [5.74, 6) is 0.674. The van der Waals surface area contributed by atoms with Crippen molar-refractivity contribution < 1.29 is 9.53 Å². The van der Waals surface area contributed by atoms with E-state index in [1.165, 1.54) is 15.6 Å². The molecule has 1 saturated heterocycles. The Morgan fingerprint density at radius 2 is 1.96 bits per heavy atom. The Labute approximate surface area is 159 Å². The van der Waals surface area contributed by atoms with Crippen molar-refractivity contribution in [3.8, 4) is 0 Å². The number of hydrogen-bond acceptors (Lipinski definition) is 3. The molecule has 1 fully saturated rings. The number of likely N-dealkylation sites (tertiary alicyclic amines) is 1. The molecule has 0 saturated carbocycles. The van der Waals surface area contributed by atoms with E-state index in [4.69, 9.17) is 4.74 Å². The van der Waals surface area contributed by atoms with Gasteiger partial charge in [0.1, 0.15) is 5.60 Å². The molecular weight excluding hydrogens is 380 g/mol. The van der Waals surface area contributed by atoms with E-state index < -0.39 is 5.60 Å². The molecule has 3 rings (SSSR count). The molecule has 0 N–H and O–H groups in total. The third-order valence-corrected chi connectivity index (χ3v) is 5.81. The number of piperidine rings is 1. The van der Waals surface area contributed by atoms with Crippen molar-refractivity contribution in [3.05, 3.63) is 33.8 Å². The maximum absolute atomic E-state index is 12.2. The zero-order chi connectivity index (χ0) is 18.0. The molecule has 1 amide bonds.